The fourth-order valence-electron chi connectivity index (χ4n) is 3.35. The molecular formula is C20H19NO6. The van der Waals surface area contributed by atoms with Crippen LogP contribution < -0.4 is 10.2 Å². The van der Waals surface area contributed by atoms with Crippen LogP contribution in [-0.4, -0.2) is 46.5 Å². The molecule has 2 heterocycles. The molecule has 3 N–H and O–H groups in total. The molecule has 0 spiro atoms. The first-order valence-corrected chi connectivity index (χ1v) is 8.52. The average Bonchev–Trinajstić information content (AvgIpc) is 2.63. The predicted octanol–water partition coefficient (Wildman–Crippen LogP) is 2.06. The maximum atomic E-state index is 13.0. The molecule has 0 bridgehead atoms. The van der Waals surface area contributed by atoms with E-state index in [2.05, 4.69) is 0 Å². The number of phenols is 2. The maximum absolute atomic E-state index is 13.0. The Morgan fingerprint density at radius 1 is 1.19 bits per heavy atom. The lowest BCUT2D eigenvalue weighted by molar-refractivity contribution is -0.00314. The highest BCUT2D eigenvalue weighted by Crippen LogP contribution is 2.35. The number of aromatic hydroxyl groups is 2. The van der Waals surface area contributed by atoms with E-state index in [0.29, 0.717) is 42.1 Å². The van der Waals surface area contributed by atoms with Gasteiger partial charge in [0.1, 0.15) is 34.5 Å². The number of methoxy groups -OCH3 is 1. The van der Waals surface area contributed by atoms with E-state index in [1.165, 1.54) is 6.26 Å². The Morgan fingerprint density at radius 2 is 1.89 bits per heavy atom. The molecule has 27 heavy (non-hydrogen) atoms. The van der Waals surface area contributed by atoms with E-state index in [0.717, 1.165) is 6.07 Å². The van der Waals surface area contributed by atoms with E-state index in [1.807, 2.05) is 4.90 Å². The molecule has 0 saturated carbocycles. The number of hydrogen-bond donors (Lipinski definition) is 3. The van der Waals surface area contributed by atoms with Gasteiger partial charge in [-0.3, -0.25) is 9.69 Å². The van der Waals surface area contributed by atoms with E-state index < -0.39 is 0 Å². The highest BCUT2D eigenvalue weighted by Gasteiger charge is 2.27. The van der Waals surface area contributed by atoms with Crippen molar-refractivity contribution < 1.29 is 24.5 Å². The number of aliphatic hydroxyl groups is 1. The lowest BCUT2D eigenvalue weighted by atomic mass is 10.0. The van der Waals surface area contributed by atoms with Gasteiger partial charge < -0.3 is 24.5 Å². The van der Waals surface area contributed by atoms with Crippen LogP contribution in [0, 0.1) is 0 Å². The van der Waals surface area contributed by atoms with Gasteiger partial charge in [-0.25, -0.2) is 0 Å². The van der Waals surface area contributed by atoms with Gasteiger partial charge in [-0.2, -0.15) is 0 Å². The van der Waals surface area contributed by atoms with Crippen molar-refractivity contribution in [3.63, 3.8) is 0 Å². The summed E-state index contributed by atoms with van der Waals surface area (Å²) in [5.41, 5.74) is 1.11. The molecule has 3 aromatic rings. The molecule has 0 amide bonds. The van der Waals surface area contributed by atoms with Crippen LogP contribution >= 0.6 is 0 Å². The summed E-state index contributed by atoms with van der Waals surface area (Å²) in [5.74, 6) is 0.177. The topological polar surface area (TPSA) is 103 Å². The van der Waals surface area contributed by atoms with Gasteiger partial charge in [-0.15, -0.1) is 0 Å². The second kappa shape index (κ2) is 6.61. The summed E-state index contributed by atoms with van der Waals surface area (Å²) < 4.78 is 10.8. The van der Waals surface area contributed by atoms with Crippen molar-refractivity contribution in [3.8, 4) is 28.4 Å². The van der Waals surface area contributed by atoms with Crippen LogP contribution in [0.5, 0.6) is 17.2 Å². The van der Waals surface area contributed by atoms with E-state index in [-0.39, 0.29) is 34.0 Å². The van der Waals surface area contributed by atoms with Crippen molar-refractivity contribution in [2.75, 3.05) is 20.2 Å². The third kappa shape index (κ3) is 3.01. The second-order valence-electron chi connectivity index (χ2n) is 6.65. The van der Waals surface area contributed by atoms with Crippen molar-refractivity contribution in [1.82, 2.24) is 4.90 Å². The quantitative estimate of drug-likeness (QED) is 0.647. The zero-order chi connectivity index (χ0) is 19.1. The molecule has 7 heteroatoms. The van der Waals surface area contributed by atoms with Gasteiger partial charge in [-0.05, 0) is 17.7 Å². The summed E-state index contributed by atoms with van der Waals surface area (Å²) >= 11 is 0. The van der Waals surface area contributed by atoms with Crippen molar-refractivity contribution in [1.29, 1.82) is 0 Å². The van der Waals surface area contributed by atoms with Gasteiger partial charge >= 0.3 is 0 Å². The molecule has 1 saturated heterocycles. The zero-order valence-electron chi connectivity index (χ0n) is 14.7. The molecule has 7 nitrogen and oxygen atoms in total. The predicted molar refractivity (Wildman–Crippen MR) is 99.1 cm³/mol. The van der Waals surface area contributed by atoms with Crippen LogP contribution in [0.2, 0.25) is 0 Å². The zero-order valence-corrected chi connectivity index (χ0v) is 14.7. The number of rotatable bonds is 4. The smallest absolute Gasteiger partial charge is 0.204 e. The summed E-state index contributed by atoms with van der Waals surface area (Å²) in [7, 11) is 1.56. The van der Waals surface area contributed by atoms with Gasteiger partial charge in [-0.1, -0.05) is 12.1 Å². The average molecular weight is 369 g/mol. The number of hydrogen-bond acceptors (Lipinski definition) is 7. The van der Waals surface area contributed by atoms with Gasteiger partial charge in [0.25, 0.3) is 0 Å². The monoisotopic (exact) mass is 369 g/mol. The lowest BCUT2D eigenvalue weighted by Gasteiger charge is -2.35. The second-order valence-corrected chi connectivity index (χ2v) is 6.65. The molecule has 0 unspecified atom stereocenters. The Labute approximate surface area is 154 Å². The molecule has 2 aromatic carbocycles. The van der Waals surface area contributed by atoms with Crippen LogP contribution in [-0.2, 0) is 6.54 Å². The van der Waals surface area contributed by atoms with Gasteiger partial charge in [0.15, 0.2) is 0 Å². The number of β-amino-alcohol motifs (C(OH)–C–C–N with tert-alkyl or cyclic N) is 1. The van der Waals surface area contributed by atoms with Crippen LogP contribution in [0.3, 0.4) is 0 Å². The minimum atomic E-state index is -0.385. The Morgan fingerprint density at radius 3 is 2.52 bits per heavy atom. The molecule has 1 aromatic heterocycles. The first-order valence-electron chi connectivity index (χ1n) is 8.52. The Balaban J connectivity index is 1.83. The number of nitrogens with zero attached hydrogens (tertiary/aromatic N) is 1. The summed E-state index contributed by atoms with van der Waals surface area (Å²) in [6, 6.07) is 8.09. The molecular weight excluding hydrogens is 350 g/mol. The highest BCUT2D eigenvalue weighted by molar-refractivity contribution is 5.90. The maximum Gasteiger partial charge on any atom is 0.204 e. The number of benzene rings is 2. The van der Waals surface area contributed by atoms with Crippen LogP contribution in [0.25, 0.3) is 22.1 Å². The van der Waals surface area contributed by atoms with Crippen molar-refractivity contribution in [2.24, 2.45) is 0 Å². The van der Waals surface area contributed by atoms with Gasteiger partial charge in [0.05, 0.1) is 24.3 Å². The Hall–Kier alpha value is -3.03. The standard InChI is InChI=1S/C20H19NO6/c1-26-13-4-2-11(3-5-13)15-10-27-20-14(9-21-7-12(22)8-21)16(23)6-17(24)18(20)19(15)25/h2-6,10,12,22-24H,7-9H2,1H3. The van der Waals surface area contributed by atoms with Crippen molar-refractivity contribution >= 4 is 11.0 Å². The number of phenolic OH excluding ortho intramolecular Hbond substituents is 2. The van der Waals surface area contributed by atoms with E-state index >= 15 is 0 Å². The summed E-state index contributed by atoms with van der Waals surface area (Å²) in [6.07, 6.45) is 0.948. The summed E-state index contributed by atoms with van der Waals surface area (Å²) in [6.45, 7) is 1.27. The molecule has 0 atom stereocenters. The normalized spacial score (nSPS) is 15.0. The fourth-order valence-corrected chi connectivity index (χ4v) is 3.35. The SMILES string of the molecule is COc1ccc(-c2coc3c(CN4CC(O)C4)c(O)cc(O)c3c2=O)cc1. The largest absolute Gasteiger partial charge is 0.507 e. The van der Waals surface area contributed by atoms with Crippen LogP contribution in [0.1, 0.15) is 5.56 Å². The number of fused-ring (bicyclic) bond motifs is 1. The third-order valence-electron chi connectivity index (χ3n) is 4.83. The van der Waals surface area contributed by atoms with Gasteiger partial charge in [0, 0.05) is 25.7 Å². The number of ether oxygens (including phenoxy) is 1. The third-order valence-corrected chi connectivity index (χ3v) is 4.83. The van der Waals surface area contributed by atoms with Crippen molar-refractivity contribution in [3.05, 3.63) is 52.4 Å². The van der Waals surface area contributed by atoms with E-state index in [1.54, 1.807) is 31.4 Å². The Bertz CT molecular complexity index is 1050. The van der Waals surface area contributed by atoms with E-state index in [9.17, 15) is 20.1 Å². The highest BCUT2D eigenvalue weighted by atomic mass is 16.5. The number of aliphatic hydroxyl groups excluding tert-OH is 1. The van der Waals surface area contributed by atoms with Gasteiger partial charge in [0.2, 0.25) is 5.43 Å². The lowest BCUT2D eigenvalue weighted by Crippen LogP contribution is -2.49. The first-order chi connectivity index (χ1) is 13.0. The first kappa shape index (κ1) is 17.4. The minimum Gasteiger partial charge on any atom is -0.507 e. The molecule has 1 fully saturated rings. The minimum absolute atomic E-state index is 0.0252. The summed E-state index contributed by atoms with van der Waals surface area (Å²) in [5, 5.41) is 30.0. The molecule has 140 valence electrons. The molecule has 0 aliphatic carbocycles. The molecule has 1 aliphatic heterocycles. The van der Waals surface area contributed by atoms with Crippen LogP contribution in [0.4, 0.5) is 0 Å². The Kier molecular flexibility index (Phi) is 4.25. The number of likely N-dealkylation sites (tertiary alicyclic amines) is 1. The van der Waals surface area contributed by atoms with E-state index in [4.69, 9.17) is 9.15 Å². The molecule has 1 aliphatic rings. The summed E-state index contributed by atoms with van der Waals surface area (Å²) in [4.78, 5) is 14.9. The molecule has 0 radical (unpaired) electrons. The fraction of sp³-hybridized carbons (Fsp3) is 0.250. The molecule has 4 rings (SSSR count). The van der Waals surface area contributed by atoms with Crippen LogP contribution in [0.15, 0.2) is 45.8 Å². The van der Waals surface area contributed by atoms with Crippen molar-refractivity contribution in [2.45, 2.75) is 12.6 Å².